The van der Waals surface area contributed by atoms with Crippen LogP contribution in [0.3, 0.4) is 0 Å². The summed E-state index contributed by atoms with van der Waals surface area (Å²) in [7, 11) is 1.58. The Balaban J connectivity index is 1.99. The number of ether oxygens (including phenoxy) is 1. The highest BCUT2D eigenvalue weighted by atomic mass is 16.5. The van der Waals surface area contributed by atoms with E-state index in [2.05, 4.69) is 20.7 Å². The minimum absolute atomic E-state index is 0.469. The number of hydrazine groups is 1. The fourth-order valence-electron chi connectivity index (χ4n) is 1.58. The molecule has 6 heteroatoms. The molecule has 6 nitrogen and oxygen atoms in total. The van der Waals surface area contributed by atoms with Gasteiger partial charge < -0.3 is 10.1 Å². The molecule has 1 heterocycles. The summed E-state index contributed by atoms with van der Waals surface area (Å²) in [6, 6.07) is 13.4. The number of hydrogen-bond acceptors (Lipinski definition) is 4. The minimum atomic E-state index is 0.469. The van der Waals surface area contributed by atoms with E-state index < -0.39 is 0 Å². The van der Waals surface area contributed by atoms with E-state index in [1.54, 1.807) is 19.4 Å². The van der Waals surface area contributed by atoms with Gasteiger partial charge in [-0.15, -0.1) is 0 Å². The van der Waals surface area contributed by atoms with Crippen LogP contribution in [0.4, 0.5) is 5.69 Å². The van der Waals surface area contributed by atoms with Crippen LogP contribution in [0.2, 0.25) is 0 Å². The molecule has 1 aromatic heterocycles. The van der Waals surface area contributed by atoms with Crippen molar-refractivity contribution in [1.29, 1.82) is 0 Å². The largest absolute Gasteiger partial charge is 0.481 e. The van der Waals surface area contributed by atoms with E-state index in [0.29, 0.717) is 18.4 Å². The molecule has 0 saturated heterocycles. The number of pyridine rings is 1. The number of aliphatic imine (C=N–C) groups is 1. The summed E-state index contributed by atoms with van der Waals surface area (Å²) < 4.78 is 5.00. The molecule has 0 aliphatic rings. The lowest BCUT2D eigenvalue weighted by Gasteiger charge is -2.09. The molecule has 0 saturated carbocycles. The van der Waals surface area contributed by atoms with Gasteiger partial charge in [0.05, 0.1) is 13.7 Å². The van der Waals surface area contributed by atoms with Crippen molar-refractivity contribution in [3.8, 4) is 5.88 Å². The summed E-state index contributed by atoms with van der Waals surface area (Å²) >= 11 is 0. The first-order valence-electron chi connectivity index (χ1n) is 6.14. The zero-order valence-electron chi connectivity index (χ0n) is 11.2. The molecule has 2 aromatic rings. The van der Waals surface area contributed by atoms with Crippen LogP contribution in [0.5, 0.6) is 5.88 Å². The lowest BCUT2D eigenvalue weighted by Crippen LogP contribution is -2.36. The lowest BCUT2D eigenvalue weighted by molar-refractivity contribution is 0.397. The summed E-state index contributed by atoms with van der Waals surface area (Å²) in [5.74, 6) is 6.52. The number of anilines is 1. The predicted octanol–water partition coefficient (Wildman–Crippen LogP) is 1.52. The Labute approximate surface area is 117 Å². The van der Waals surface area contributed by atoms with Gasteiger partial charge in [-0.25, -0.2) is 15.8 Å². The quantitative estimate of drug-likeness (QED) is 0.340. The molecule has 20 heavy (non-hydrogen) atoms. The maximum atomic E-state index is 5.45. The number of guanidine groups is 1. The Morgan fingerprint density at radius 2 is 2.05 bits per heavy atom. The molecule has 0 radical (unpaired) electrons. The average molecular weight is 271 g/mol. The normalized spacial score (nSPS) is 11.0. The Morgan fingerprint density at radius 3 is 2.65 bits per heavy atom. The molecule has 4 N–H and O–H groups in total. The van der Waals surface area contributed by atoms with Crippen molar-refractivity contribution in [2.24, 2.45) is 10.8 Å². The van der Waals surface area contributed by atoms with Crippen molar-refractivity contribution in [3.05, 3.63) is 54.2 Å². The Kier molecular flexibility index (Phi) is 4.91. The Hall–Kier alpha value is -2.60. The molecule has 1 aromatic carbocycles. The number of nitrogens with one attached hydrogen (secondary N) is 2. The second kappa shape index (κ2) is 7.10. The zero-order valence-corrected chi connectivity index (χ0v) is 11.2. The van der Waals surface area contributed by atoms with Crippen LogP contribution in [-0.4, -0.2) is 18.1 Å². The monoisotopic (exact) mass is 271 g/mol. The fraction of sp³-hybridized carbons (Fsp3) is 0.143. The van der Waals surface area contributed by atoms with Crippen LogP contribution < -0.4 is 21.3 Å². The van der Waals surface area contributed by atoms with Crippen LogP contribution in [0, 0.1) is 0 Å². The van der Waals surface area contributed by atoms with Crippen LogP contribution in [0.1, 0.15) is 5.56 Å². The van der Waals surface area contributed by atoms with Crippen molar-refractivity contribution in [2.75, 3.05) is 12.4 Å². The highest BCUT2D eigenvalue weighted by Gasteiger charge is 1.98. The first kappa shape index (κ1) is 13.8. The number of nitrogens with zero attached hydrogens (tertiary/aromatic N) is 2. The number of hydrogen-bond donors (Lipinski definition) is 3. The Morgan fingerprint density at radius 1 is 1.25 bits per heavy atom. The number of rotatable bonds is 4. The molecule has 0 atom stereocenters. The van der Waals surface area contributed by atoms with Gasteiger partial charge in [0.2, 0.25) is 11.8 Å². The van der Waals surface area contributed by atoms with Crippen LogP contribution in [0.15, 0.2) is 53.7 Å². The van der Waals surface area contributed by atoms with E-state index in [4.69, 9.17) is 10.6 Å². The minimum Gasteiger partial charge on any atom is -0.481 e. The molecule has 0 bridgehead atoms. The first-order valence-corrected chi connectivity index (χ1v) is 6.14. The van der Waals surface area contributed by atoms with Crippen molar-refractivity contribution < 1.29 is 4.74 Å². The van der Waals surface area contributed by atoms with Gasteiger partial charge in [-0.05, 0) is 17.7 Å². The summed E-state index contributed by atoms with van der Waals surface area (Å²) in [5.41, 5.74) is 4.42. The van der Waals surface area contributed by atoms with E-state index in [9.17, 15) is 0 Å². The Bertz CT molecular complexity index is 554. The van der Waals surface area contributed by atoms with Gasteiger partial charge in [0.1, 0.15) is 0 Å². The number of nitrogens with two attached hydrogens (primary N) is 1. The van der Waals surface area contributed by atoms with Gasteiger partial charge in [0.15, 0.2) is 0 Å². The molecule has 0 aliphatic heterocycles. The van der Waals surface area contributed by atoms with Crippen molar-refractivity contribution in [1.82, 2.24) is 10.4 Å². The number of para-hydroxylation sites is 1. The summed E-state index contributed by atoms with van der Waals surface area (Å²) in [6.07, 6.45) is 1.72. The molecular weight excluding hydrogens is 254 g/mol. The van der Waals surface area contributed by atoms with E-state index in [1.807, 2.05) is 36.4 Å². The third-order valence-electron chi connectivity index (χ3n) is 2.60. The zero-order chi connectivity index (χ0) is 14.2. The summed E-state index contributed by atoms with van der Waals surface area (Å²) in [5, 5.41) is 3.09. The van der Waals surface area contributed by atoms with E-state index >= 15 is 0 Å². The number of methoxy groups -OCH3 is 1. The second-order valence-electron chi connectivity index (χ2n) is 4.01. The average Bonchev–Trinajstić information content (AvgIpc) is 2.53. The molecule has 0 amide bonds. The first-order chi connectivity index (χ1) is 9.81. The maximum Gasteiger partial charge on any atom is 0.212 e. The molecule has 104 valence electrons. The van der Waals surface area contributed by atoms with Gasteiger partial charge in [-0.2, -0.15) is 0 Å². The van der Waals surface area contributed by atoms with Crippen molar-refractivity contribution in [3.63, 3.8) is 0 Å². The fourth-order valence-corrected chi connectivity index (χ4v) is 1.58. The van der Waals surface area contributed by atoms with Crippen LogP contribution in [0.25, 0.3) is 0 Å². The molecule has 0 fully saturated rings. The third kappa shape index (κ3) is 3.96. The molecule has 0 unspecified atom stereocenters. The second-order valence-corrected chi connectivity index (χ2v) is 4.01. The van der Waals surface area contributed by atoms with E-state index in [1.165, 1.54) is 0 Å². The van der Waals surface area contributed by atoms with Crippen molar-refractivity contribution in [2.45, 2.75) is 6.54 Å². The maximum absolute atomic E-state index is 5.45. The van der Waals surface area contributed by atoms with Gasteiger partial charge in [0.25, 0.3) is 0 Å². The number of benzene rings is 1. The lowest BCUT2D eigenvalue weighted by atomic mass is 10.3. The van der Waals surface area contributed by atoms with Gasteiger partial charge >= 0.3 is 0 Å². The smallest absolute Gasteiger partial charge is 0.212 e. The molecule has 0 aliphatic carbocycles. The standard InChI is InChI=1S/C14H17N5O/c1-20-13-8-7-11(9-16-13)10-17-14(19-15)18-12-5-3-2-4-6-12/h2-9H,10,15H2,1H3,(H2,17,18,19). The number of aromatic nitrogens is 1. The predicted molar refractivity (Wildman–Crippen MR) is 79.3 cm³/mol. The van der Waals surface area contributed by atoms with E-state index in [-0.39, 0.29) is 0 Å². The third-order valence-corrected chi connectivity index (χ3v) is 2.60. The van der Waals surface area contributed by atoms with Crippen molar-refractivity contribution >= 4 is 11.6 Å². The molecule has 0 spiro atoms. The van der Waals surface area contributed by atoms with Gasteiger partial charge in [0, 0.05) is 18.0 Å². The van der Waals surface area contributed by atoms with Crippen LogP contribution in [-0.2, 0) is 6.54 Å². The highest BCUT2D eigenvalue weighted by Crippen LogP contribution is 2.08. The van der Waals surface area contributed by atoms with E-state index in [0.717, 1.165) is 11.3 Å². The summed E-state index contributed by atoms with van der Waals surface area (Å²) in [6.45, 7) is 0.469. The SMILES string of the molecule is COc1ccc(CN=C(NN)Nc2ccccc2)cn1. The molecular formula is C14H17N5O. The molecule has 2 rings (SSSR count). The van der Waals surface area contributed by atoms with Crippen LogP contribution >= 0.6 is 0 Å². The summed E-state index contributed by atoms with van der Waals surface area (Å²) in [4.78, 5) is 8.47. The van der Waals surface area contributed by atoms with Gasteiger partial charge in [-0.3, -0.25) is 5.43 Å². The topological polar surface area (TPSA) is 84.6 Å². The van der Waals surface area contributed by atoms with Gasteiger partial charge in [-0.1, -0.05) is 24.3 Å². The highest BCUT2D eigenvalue weighted by molar-refractivity contribution is 5.93.